The molecular weight excluding hydrogens is 491 g/mol. The molecule has 194 valence electrons. The zero-order valence-corrected chi connectivity index (χ0v) is 20.5. The number of carbonyl (C=O) groups is 2. The highest BCUT2D eigenvalue weighted by atomic mass is 19.4. The van der Waals surface area contributed by atoms with E-state index in [2.05, 4.69) is 10.6 Å². The number of hydrogen-bond acceptors (Lipinski definition) is 3. The van der Waals surface area contributed by atoms with Crippen LogP contribution < -0.4 is 16.4 Å². The highest BCUT2D eigenvalue weighted by Gasteiger charge is 2.30. The summed E-state index contributed by atoms with van der Waals surface area (Å²) in [6.45, 7) is 2.10. The van der Waals surface area contributed by atoms with Gasteiger partial charge in [-0.3, -0.25) is 9.59 Å². The lowest BCUT2D eigenvalue weighted by molar-refractivity contribution is -0.137. The average Bonchev–Trinajstić information content (AvgIpc) is 2.92. The van der Waals surface area contributed by atoms with Crippen LogP contribution in [-0.4, -0.2) is 11.8 Å². The summed E-state index contributed by atoms with van der Waals surface area (Å²) in [5.74, 6) is -0.690. The number of carbonyl (C=O) groups excluding carboxylic acids is 2. The Hall–Kier alpha value is -4.43. The number of anilines is 1. The van der Waals surface area contributed by atoms with Crippen molar-refractivity contribution in [1.82, 2.24) is 5.32 Å². The molecule has 0 spiro atoms. The first-order valence-electron chi connectivity index (χ1n) is 11.9. The van der Waals surface area contributed by atoms with Crippen LogP contribution in [0.1, 0.15) is 38.7 Å². The Balaban J connectivity index is 1.44. The summed E-state index contributed by atoms with van der Waals surface area (Å²) in [5, 5.41) is 5.71. The molecule has 1 atom stereocenters. The van der Waals surface area contributed by atoms with Gasteiger partial charge in [0.1, 0.15) is 6.04 Å². The van der Waals surface area contributed by atoms with E-state index in [-0.39, 0.29) is 12.5 Å². The predicted octanol–water partition coefficient (Wildman–Crippen LogP) is 6.25. The Bertz CT molecular complexity index is 1440. The molecule has 0 fully saturated rings. The second-order valence-electron chi connectivity index (χ2n) is 8.83. The number of hydrogen-bond donors (Lipinski definition) is 3. The molecule has 0 unspecified atom stereocenters. The van der Waals surface area contributed by atoms with Crippen molar-refractivity contribution in [1.29, 1.82) is 0 Å². The van der Waals surface area contributed by atoms with Crippen molar-refractivity contribution in [2.45, 2.75) is 25.7 Å². The molecule has 0 aliphatic rings. The minimum absolute atomic E-state index is 0.269. The normalized spacial score (nSPS) is 12.0. The zero-order chi connectivity index (χ0) is 27.3. The standard InChI is InChI=1S/C30H26F3N3O2/c1-19-17-20(18-35-29(38)27(34)22-7-3-2-4-8-22)11-16-26(19)36-28(37)25-10-6-5-9-24(25)21-12-14-23(15-13-21)30(31,32)33/h2-17,27H,18,34H2,1H3,(H,35,38)(H,36,37)/t27-/m0/s1. The third kappa shape index (κ3) is 6.27. The van der Waals surface area contributed by atoms with Crippen LogP contribution in [0.2, 0.25) is 0 Å². The number of nitrogens with one attached hydrogen (secondary N) is 2. The summed E-state index contributed by atoms with van der Waals surface area (Å²) < 4.78 is 38.8. The molecule has 4 aromatic carbocycles. The zero-order valence-electron chi connectivity index (χ0n) is 20.5. The number of benzene rings is 4. The monoisotopic (exact) mass is 517 g/mol. The second-order valence-corrected chi connectivity index (χ2v) is 8.83. The average molecular weight is 518 g/mol. The van der Waals surface area contributed by atoms with Crippen LogP contribution in [0.15, 0.2) is 97.1 Å². The fourth-order valence-corrected chi connectivity index (χ4v) is 4.05. The summed E-state index contributed by atoms with van der Waals surface area (Å²) in [7, 11) is 0. The van der Waals surface area contributed by atoms with Gasteiger partial charge in [0.05, 0.1) is 5.56 Å². The third-order valence-corrected chi connectivity index (χ3v) is 6.14. The maximum atomic E-state index is 13.1. The van der Waals surface area contributed by atoms with Crippen LogP contribution in [0.5, 0.6) is 0 Å². The van der Waals surface area contributed by atoms with Crippen LogP contribution in [0, 0.1) is 6.92 Å². The van der Waals surface area contributed by atoms with Gasteiger partial charge in [0.25, 0.3) is 5.91 Å². The van der Waals surface area contributed by atoms with E-state index in [1.807, 2.05) is 31.2 Å². The summed E-state index contributed by atoms with van der Waals surface area (Å²) in [5.41, 5.74) is 9.55. The van der Waals surface area contributed by atoms with Gasteiger partial charge in [-0.05, 0) is 59.0 Å². The van der Waals surface area contributed by atoms with Gasteiger partial charge in [-0.15, -0.1) is 0 Å². The Morgan fingerprint density at radius 3 is 2.18 bits per heavy atom. The summed E-state index contributed by atoms with van der Waals surface area (Å²) in [6.07, 6.45) is -4.43. The number of aryl methyl sites for hydroxylation is 1. The second kappa shape index (κ2) is 11.3. The minimum atomic E-state index is -4.43. The Labute approximate surface area is 218 Å². The number of alkyl halides is 3. The van der Waals surface area contributed by atoms with Crippen molar-refractivity contribution < 1.29 is 22.8 Å². The molecule has 4 N–H and O–H groups in total. The van der Waals surface area contributed by atoms with Crippen molar-refractivity contribution in [3.8, 4) is 11.1 Å². The van der Waals surface area contributed by atoms with E-state index < -0.39 is 23.7 Å². The lowest BCUT2D eigenvalue weighted by Gasteiger charge is -2.15. The van der Waals surface area contributed by atoms with Gasteiger partial charge < -0.3 is 16.4 Å². The molecule has 0 aromatic heterocycles. The molecule has 0 radical (unpaired) electrons. The Morgan fingerprint density at radius 1 is 0.868 bits per heavy atom. The van der Waals surface area contributed by atoms with E-state index in [9.17, 15) is 22.8 Å². The molecule has 0 saturated carbocycles. The van der Waals surface area contributed by atoms with Gasteiger partial charge in [-0.2, -0.15) is 13.2 Å². The van der Waals surface area contributed by atoms with Crippen LogP contribution in [-0.2, 0) is 17.5 Å². The van der Waals surface area contributed by atoms with E-state index in [0.717, 1.165) is 28.8 Å². The van der Waals surface area contributed by atoms with Crippen LogP contribution in [0.25, 0.3) is 11.1 Å². The van der Waals surface area contributed by atoms with Crippen LogP contribution in [0.4, 0.5) is 18.9 Å². The summed E-state index contributed by atoms with van der Waals surface area (Å²) in [4.78, 5) is 25.6. The molecule has 0 aliphatic carbocycles. The van der Waals surface area contributed by atoms with E-state index in [4.69, 9.17) is 5.73 Å². The highest BCUT2D eigenvalue weighted by molar-refractivity contribution is 6.09. The largest absolute Gasteiger partial charge is 0.416 e. The van der Waals surface area contributed by atoms with Crippen LogP contribution >= 0.6 is 0 Å². The molecule has 0 bridgehead atoms. The minimum Gasteiger partial charge on any atom is -0.350 e. The maximum absolute atomic E-state index is 13.1. The molecule has 0 saturated heterocycles. The van der Waals surface area contributed by atoms with Gasteiger partial charge in [-0.1, -0.05) is 72.8 Å². The number of rotatable bonds is 7. The molecule has 8 heteroatoms. The first kappa shape index (κ1) is 26.6. The number of amides is 2. The van der Waals surface area contributed by atoms with Crippen molar-refractivity contribution >= 4 is 17.5 Å². The smallest absolute Gasteiger partial charge is 0.350 e. The number of halogens is 3. The first-order chi connectivity index (χ1) is 18.1. The lowest BCUT2D eigenvalue weighted by Crippen LogP contribution is -2.33. The molecular formula is C30H26F3N3O2. The fraction of sp³-hybridized carbons (Fsp3) is 0.133. The fourth-order valence-electron chi connectivity index (χ4n) is 4.05. The maximum Gasteiger partial charge on any atom is 0.416 e. The van der Waals surface area contributed by atoms with Gasteiger partial charge in [0.15, 0.2) is 0 Å². The SMILES string of the molecule is Cc1cc(CNC(=O)[C@@H](N)c2ccccc2)ccc1NC(=O)c1ccccc1-c1ccc(C(F)(F)F)cc1. The van der Waals surface area contributed by atoms with Crippen molar-refractivity contribution in [3.05, 3.63) is 125 Å². The Kier molecular flexibility index (Phi) is 7.93. The van der Waals surface area contributed by atoms with Crippen molar-refractivity contribution in [2.24, 2.45) is 5.73 Å². The predicted molar refractivity (Wildman–Crippen MR) is 141 cm³/mol. The quantitative estimate of drug-likeness (QED) is 0.271. The van der Waals surface area contributed by atoms with E-state index in [1.165, 1.54) is 12.1 Å². The lowest BCUT2D eigenvalue weighted by atomic mass is 9.98. The molecule has 2 amide bonds. The van der Waals surface area contributed by atoms with Gasteiger partial charge in [0.2, 0.25) is 5.91 Å². The van der Waals surface area contributed by atoms with Gasteiger partial charge >= 0.3 is 6.18 Å². The van der Waals surface area contributed by atoms with Gasteiger partial charge in [0, 0.05) is 17.8 Å². The van der Waals surface area contributed by atoms with Crippen molar-refractivity contribution in [3.63, 3.8) is 0 Å². The van der Waals surface area contributed by atoms with E-state index >= 15 is 0 Å². The molecule has 0 aliphatic heterocycles. The highest BCUT2D eigenvalue weighted by Crippen LogP contribution is 2.32. The Morgan fingerprint density at radius 2 is 1.53 bits per heavy atom. The molecule has 5 nitrogen and oxygen atoms in total. The molecule has 4 rings (SSSR count). The molecule has 4 aromatic rings. The summed E-state index contributed by atoms with van der Waals surface area (Å²) in [6, 6.07) is 25.1. The molecule has 0 heterocycles. The van der Waals surface area contributed by atoms with Gasteiger partial charge in [-0.25, -0.2) is 0 Å². The number of nitrogens with two attached hydrogens (primary N) is 1. The van der Waals surface area contributed by atoms with E-state index in [0.29, 0.717) is 22.4 Å². The first-order valence-corrected chi connectivity index (χ1v) is 11.9. The van der Waals surface area contributed by atoms with Crippen molar-refractivity contribution in [2.75, 3.05) is 5.32 Å². The van der Waals surface area contributed by atoms with Crippen LogP contribution in [0.3, 0.4) is 0 Å². The topological polar surface area (TPSA) is 84.2 Å². The molecule has 38 heavy (non-hydrogen) atoms. The third-order valence-electron chi connectivity index (χ3n) is 6.14. The summed E-state index contributed by atoms with van der Waals surface area (Å²) >= 11 is 0. The van der Waals surface area contributed by atoms with E-state index in [1.54, 1.807) is 48.5 Å².